The minimum Gasteiger partial charge on any atom is -0.497 e. The number of anilines is 2. The number of thioether (sulfide) groups is 1. The van der Waals surface area contributed by atoms with Crippen LogP contribution < -0.4 is 19.1 Å². The summed E-state index contributed by atoms with van der Waals surface area (Å²) >= 11 is 8.96. The fourth-order valence-electron chi connectivity index (χ4n) is 3.21. The molecule has 35 heavy (non-hydrogen) atoms. The Morgan fingerprint density at radius 3 is 2.71 bits per heavy atom. The number of aromatic nitrogens is 2. The van der Waals surface area contributed by atoms with Crippen molar-refractivity contribution >= 4 is 61.4 Å². The van der Waals surface area contributed by atoms with E-state index in [4.69, 9.17) is 21.1 Å². The molecule has 1 N–H and O–H groups in total. The number of hydrogen-bond donors (Lipinski definition) is 1. The Labute approximate surface area is 216 Å². The molecule has 186 valence electrons. The van der Waals surface area contributed by atoms with Gasteiger partial charge in [-0.05, 0) is 48.4 Å². The largest absolute Gasteiger partial charge is 0.497 e. The monoisotopic (exact) mass is 554 g/mol. The lowest BCUT2D eigenvalue weighted by Gasteiger charge is -2.34. The molecule has 0 spiro atoms. The van der Waals surface area contributed by atoms with Crippen LogP contribution in [0.3, 0.4) is 0 Å². The van der Waals surface area contributed by atoms with Crippen molar-refractivity contribution in [1.82, 2.24) is 10.2 Å². The third-order valence-electron chi connectivity index (χ3n) is 4.91. The van der Waals surface area contributed by atoms with Crippen LogP contribution in [0.2, 0.25) is 5.02 Å². The number of carbonyl (C=O) groups excluding carboxylic acids is 1. The Hall–Kier alpha value is -2.54. The van der Waals surface area contributed by atoms with E-state index in [1.165, 1.54) is 36.6 Å². The number of carbonyl (C=O) groups is 1. The molecule has 3 aromatic rings. The van der Waals surface area contributed by atoms with Gasteiger partial charge in [-0.3, -0.25) is 14.4 Å². The van der Waals surface area contributed by atoms with Gasteiger partial charge in [0.05, 0.1) is 24.2 Å². The van der Waals surface area contributed by atoms with Gasteiger partial charge in [0.15, 0.2) is 10.4 Å². The van der Waals surface area contributed by atoms with E-state index in [0.29, 0.717) is 21.8 Å². The van der Waals surface area contributed by atoms with Gasteiger partial charge in [0.2, 0.25) is 5.13 Å². The third kappa shape index (κ3) is 5.83. The number of hydrogen-bond acceptors (Lipinski definition) is 9. The number of amides is 1. The van der Waals surface area contributed by atoms with Crippen molar-refractivity contribution in [3.63, 3.8) is 0 Å². The summed E-state index contributed by atoms with van der Waals surface area (Å²) in [6, 6.07) is 10.6. The summed E-state index contributed by atoms with van der Waals surface area (Å²) in [5.41, 5.74) is 0.251. The van der Waals surface area contributed by atoms with Crippen molar-refractivity contribution in [1.29, 1.82) is 0 Å². The minimum atomic E-state index is -4.04. The third-order valence-corrected chi connectivity index (χ3v) is 9.33. The highest BCUT2D eigenvalue weighted by Crippen LogP contribution is 2.39. The molecule has 9 nitrogen and oxygen atoms in total. The number of halogens is 1. The number of ether oxygens (including phenoxy) is 2. The van der Waals surface area contributed by atoms with E-state index in [-0.39, 0.29) is 22.9 Å². The maximum atomic E-state index is 13.5. The first kappa shape index (κ1) is 25.5. The highest BCUT2D eigenvalue weighted by Gasteiger charge is 2.38. The number of nitrogens with one attached hydrogen (secondary N) is 1. The average molecular weight is 555 g/mol. The molecular weight excluding hydrogens is 532 g/mol. The quantitative estimate of drug-likeness (QED) is 0.319. The predicted octanol–water partition coefficient (Wildman–Crippen LogP) is 4.54. The van der Waals surface area contributed by atoms with Crippen LogP contribution in [0.25, 0.3) is 0 Å². The lowest BCUT2D eigenvalue weighted by Crippen LogP contribution is -2.48. The molecule has 1 aromatic heterocycles. The zero-order valence-electron chi connectivity index (χ0n) is 19.1. The second-order valence-corrected chi connectivity index (χ2v) is 12.5. The summed E-state index contributed by atoms with van der Waals surface area (Å²) in [5, 5.41) is 11.4. The van der Waals surface area contributed by atoms with Crippen LogP contribution in [-0.2, 0) is 14.8 Å². The van der Waals surface area contributed by atoms with Gasteiger partial charge in [-0.1, -0.05) is 48.5 Å². The molecule has 2 heterocycles. The van der Waals surface area contributed by atoms with E-state index in [1.807, 2.05) is 0 Å². The number of methoxy groups -OCH3 is 1. The Kier molecular flexibility index (Phi) is 7.74. The lowest BCUT2D eigenvalue weighted by molar-refractivity contribution is -0.122. The molecule has 1 unspecified atom stereocenters. The molecule has 0 fully saturated rings. The van der Waals surface area contributed by atoms with Gasteiger partial charge in [-0.15, -0.1) is 10.2 Å². The Balaban J connectivity index is 1.59. The van der Waals surface area contributed by atoms with Crippen molar-refractivity contribution in [2.75, 3.05) is 29.0 Å². The highest BCUT2D eigenvalue weighted by atomic mass is 35.5. The molecule has 0 radical (unpaired) electrons. The molecular formula is C22H23ClN4O5S3. The van der Waals surface area contributed by atoms with Crippen LogP contribution in [0.4, 0.5) is 10.8 Å². The van der Waals surface area contributed by atoms with Gasteiger partial charge in [0, 0.05) is 10.8 Å². The summed E-state index contributed by atoms with van der Waals surface area (Å²) in [5.74, 6) is 1.59. The molecule has 2 aromatic carbocycles. The van der Waals surface area contributed by atoms with Crippen LogP contribution in [0.5, 0.6) is 11.5 Å². The molecule has 13 heteroatoms. The summed E-state index contributed by atoms with van der Waals surface area (Å²) in [4.78, 5) is 13.1. The van der Waals surface area contributed by atoms with E-state index in [0.717, 1.165) is 14.4 Å². The lowest BCUT2D eigenvalue weighted by atomic mass is 10.2. The summed E-state index contributed by atoms with van der Waals surface area (Å²) in [6.07, 6.45) is -1.12. The van der Waals surface area contributed by atoms with Crippen LogP contribution in [0.15, 0.2) is 51.7 Å². The van der Waals surface area contributed by atoms with Gasteiger partial charge in [0.1, 0.15) is 11.5 Å². The molecule has 1 atom stereocenters. The zero-order chi connectivity index (χ0) is 25.2. The number of nitrogens with zero attached hydrogens (tertiary/aromatic N) is 3. The normalized spacial score (nSPS) is 15.5. The van der Waals surface area contributed by atoms with Gasteiger partial charge in [-0.25, -0.2) is 8.42 Å². The fraction of sp³-hybridized carbons (Fsp3) is 0.318. The van der Waals surface area contributed by atoms with Crippen molar-refractivity contribution in [3.05, 3.63) is 47.5 Å². The van der Waals surface area contributed by atoms with Crippen LogP contribution in [0, 0.1) is 5.92 Å². The maximum Gasteiger partial charge on any atom is 0.269 e. The fourth-order valence-corrected chi connectivity index (χ4v) is 6.57. The van der Waals surface area contributed by atoms with E-state index < -0.39 is 22.0 Å². The molecule has 1 aliphatic rings. The molecule has 4 rings (SSSR count). The molecule has 0 saturated heterocycles. The predicted molar refractivity (Wildman–Crippen MR) is 137 cm³/mol. The highest BCUT2D eigenvalue weighted by molar-refractivity contribution is 8.01. The SMILES string of the molecule is COc1ccc(S(=O)(=O)N2CC(C(=O)Nc3nnc(SCC(C)C)s3)Oc3ccc(Cl)cc32)cc1. The molecule has 0 saturated carbocycles. The summed E-state index contributed by atoms with van der Waals surface area (Å²) < 4.78 is 40.0. The molecule has 1 aliphatic heterocycles. The second-order valence-electron chi connectivity index (χ2n) is 8.00. The Bertz CT molecular complexity index is 1310. The Morgan fingerprint density at radius 2 is 2.03 bits per heavy atom. The number of fused-ring (bicyclic) bond motifs is 1. The van der Waals surface area contributed by atoms with Crippen molar-refractivity contribution in [2.45, 2.75) is 29.2 Å². The van der Waals surface area contributed by atoms with E-state index >= 15 is 0 Å². The van der Waals surface area contributed by atoms with E-state index in [9.17, 15) is 13.2 Å². The average Bonchev–Trinajstić information content (AvgIpc) is 3.29. The van der Waals surface area contributed by atoms with Crippen LogP contribution >= 0.6 is 34.7 Å². The standard InChI is InChI=1S/C22H23ClN4O5S3/c1-13(2)12-33-22-26-25-21(34-22)24-20(28)19-11-27(17-10-14(23)4-9-18(17)32-19)35(29,30)16-7-5-15(31-3)6-8-16/h4-10,13,19H,11-12H2,1-3H3,(H,24,25,28). The summed E-state index contributed by atoms with van der Waals surface area (Å²) in [6.45, 7) is 3.96. The summed E-state index contributed by atoms with van der Waals surface area (Å²) in [7, 11) is -2.54. The first-order chi connectivity index (χ1) is 16.7. The van der Waals surface area contributed by atoms with Crippen molar-refractivity contribution < 1.29 is 22.7 Å². The first-order valence-corrected chi connectivity index (χ1v) is 14.2. The van der Waals surface area contributed by atoms with Gasteiger partial charge < -0.3 is 9.47 Å². The second kappa shape index (κ2) is 10.6. The molecule has 0 aliphatic carbocycles. The van der Waals surface area contributed by atoms with Crippen molar-refractivity contribution in [2.24, 2.45) is 5.92 Å². The van der Waals surface area contributed by atoms with Crippen LogP contribution in [-0.4, -0.2) is 50.0 Å². The topological polar surface area (TPSA) is 111 Å². The zero-order valence-corrected chi connectivity index (χ0v) is 22.3. The minimum absolute atomic E-state index is 0.0428. The Morgan fingerprint density at radius 1 is 1.29 bits per heavy atom. The van der Waals surface area contributed by atoms with E-state index in [2.05, 4.69) is 29.4 Å². The molecule has 1 amide bonds. The van der Waals surface area contributed by atoms with Crippen molar-refractivity contribution in [3.8, 4) is 11.5 Å². The van der Waals surface area contributed by atoms with Gasteiger partial charge in [0.25, 0.3) is 15.9 Å². The molecule has 0 bridgehead atoms. The van der Waals surface area contributed by atoms with Crippen LogP contribution in [0.1, 0.15) is 13.8 Å². The van der Waals surface area contributed by atoms with Gasteiger partial charge in [-0.2, -0.15) is 0 Å². The number of sulfonamides is 1. The van der Waals surface area contributed by atoms with E-state index in [1.54, 1.807) is 36.0 Å². The number of rotatable bonds is 8. The van der Waals surface area contributed by atoms with Gasteiger partial charge >= 0.3 is 0 Å². The maximum absolute atomic E-state index is 13.5. The number of benzene rings is 2. The smallest absolute Gasteiger partial charge is 0.269 e. The first-order valence-electron chi connectivity index (χ1n) is 10.6.